The average Bonchev–Trinajstić information content (AvgIpc) is 2.35. The van der Waals surface area contributed by atoms with Gasteiger partial charge in [0.25, 0.3) is 0 Å². The van der Waals surface area contributed by atoms with Crippen molar-refractivity contribution in [3.05, 3.63) is 35.4 Å². The third kappa shape index (κ3) is 3.33. The maximum Gasteiger partial charge on any atom is 0.218 e. The number of primary amides is 1. The van der Waals surface area contributed by atoms with Gasteiger partial charge in [-0.1, -0.05) is 24.3 Å². The summed E-state index contributed by atoms with van der Waals surface area (Å²) in [6.45, 7) is 2.95. The van der Waals surface area contributed by atoms with Crippen LogP contribution in [0.15, 0.2) is 24.3 Å². The number of carbonyl (C=O) groups excluding carboxylic acids is 1. The van der Waals surface area contributed by atoms with E-state index < -0.39 is 0 Å². The molecule has 0 aromatic heterocycles. The highest BCUT2D eigenvalue weighted by Crippen LogP contribution is 2.30. The fourth-order valence-corrected chi connectivity index (χ4v) is 2.78. The molecule has 2 rings (SSSR count). The lowest BCUT2D eigenvalue weighted by Gasteiger charge is -2.27. The number of rotatable bonds is 5. The monoisotopic (exact) mass is 246 g/mol. The Morgan fingerprint density at radius 1 is 1.50 bits per heavy atom. The first-order valence-corrected chi connectivity index (χ1v) is 6.76. The molecular weight excluding hydrogens is 224 g/mol. The van der Waals surface area contributed by atoms with E-state index in [4.69, 9.17) is 5.73 Å². The second-order valence-corrected chi connectivity index (χ2v) is 5.27. The van der Waals surface area contributed by atoms with Gasteiger partial charge in [0.1, 0.15) is 0 Å². The van der Waals surface area contributed by atoms with Gasteiger partial charge in [-0.3, -0.25) is 4.79 Å². The normalized spacial score (nSPS) is 20.2. The molecule has 3 nitrogen and oxygen atoms in total. The molecule has 2 unspecified atom stereocenters. The zero-order valence-corrected chi connectivity index (χ0v) is 11.0. The quantitative estimate of drug-likeness (QED) is 0.834. The van der Waals surface area contributed by atoms with E-state index in [1.54, 1.807) is 0 Å². The Bertz CT molecular complexity index is 417. The van der Waals surface area contributed by atoms with Crippen LogP contribution in [0.5, 0.6) is 0 Å². The number of nitrogens with two attached hydrogens (primary N) is 1. The van der Waals surface area contributed by atoms with Crippen molar-refractivity contribution in [1.29, 1.82) is 0 Å². The molecule has 0 saturated heterocycles. The van der Waals surface area contributed by atoms with Crippen LogP contribution in [0.2, 0.25) is 0 Å². The number of nitrogens with one attached hydrogen (secondary N) is 1. The summed E-state index contributed by atoms with van der Waals surface area (Å²) >= 11 is 0. The summed E-state index contributed by atoms with van der Waals surface area (Å²) in [5.41, 5.74) is 8.16. The smallest absolute Gasteiger partial charge is 0.218 e. The Balaban J connectivity index is 1.93. The van der Waals surface area contributed by atoms with E-state index in [1.165, 1.54) is 30.4 Å². The molecule has 0 aliphatic heterocycles. The number of carbonyl (C=O) groups is 1. The van der Waals surface area contributed by atoms with Gasteiger partial charge in [0.05, 0.1) is 0 Å². The standard InChI is InChI=1S/C15H22N2O/c1-11(9-15(16)18)17-10-13-7-4-6-12-5-2-3-8-14(12)13/h2-3,5,8,11,13,17H,4,6-7,9-10H2,1H3,(H2,16,18). The van der Waals surface area contributed by atoms with Gasteiger partial charge in [0, 0.05) is 19.0 Å². The van der Waals surface area contributed by atoms with Gasteiger partial charge in [-0.25, -0.2) is 0 Å². The fraction of sp³-hybridized carbons (Fsp3) is 0.533. The maximum absolute atomic E-state index is 10.8. The van der Waals surface area contributed by atoms with E-state index in [2.05, 4.69) is 29.6 Å². The van der Waals surface area contributed by atoms with Crippen LogP contribution in [0.3, 0.4) is 0 Å². The van der Waals surface area contributed by atoms with E-state index in [9.17, 15) is 4.79 Å². The SMILES string of the molecule is CC(CC(N)=O)NCC1CCCc2ccccc21. The molecule has 98 valence electrons. The van der Waals surface area contributed by atoms with Gasteiger partial charge in [0.15, 0.2) is 0 Å². The average molecular weight is 246 g/mol. The van der Waals surface area contributed by atoms with E-state index in [0.717, 1.165) is 6.54 Å². The van der Waals surface area contributed by atoms with E-state index in [1.807, 2.05) is 6.92 Å². The summed E-state index contributed by atoms with van der Waals surface area (Å²) in [7, 11) is 0. The molecule has 0 saturated carbocycles. The Morgan fingerprint density at radius 3 is 3.06 bits per heavy atom. The summed E-state index contributed by atoms with van der Waals surface area (Å²) in [5, 5.41) is 3.42. The van der Waals surface area contributed by atoms with Gasteiger partial charge in [0.2, 0.25) is 5.91 Å². The summed E-state index contributed by atoms with van der Waals surface area (Å²) < 4.78 is 0. The Morgan fingerprint density at radius 2 is 2.28 bits per heavy atom. The lowest BCUT2D eigenvalue weighted by atomic mass is 9.83. The van der Waals surface area contributed by atoms with Gasteiger partial charge in [-0.2, -0.15) is 0 Å². The third-order valence-electron chi connectivity index (χ3n) is 3.71. The second kappa shape index (κ2) is 6.01. The van der Waals surface area contributed by atoms with Crippen molar-refractivity contribution < 1.29 is 4.79 Å². The highest BCUT2D eigenvalue weighted by Gasteiger charge is 2.20. The van der Waals surface area contributed by atoms with Gasteiger partial charge < -0.3 is 11.1 Å². The van der Waals surface area contributed by atoms with E-state index in [-0.39, 0.29) is 11.9 Å². The van der Waals surface area contributed by atoms with Gasteiger partial charge in [-0.15, -0.1) is 0 Å². The zero-order valence-electron chi connectivity index (χ0n) is 11.0. The predicted molar refractivity (Wildman–Crippen MR) is 73.4 cm³/mol. The first kappa shape index (κ1) is 13.1. The third-order valence-corrected chi connectivity index (χ3v) is 3.71. The molecule has 1 amide bonds. The maximum atomic E-state index is 10.8. The number of hydrogen-bond donors (Lipinski definition) is 2. The van der Waals surface area contributed by atoms with E-state index >= 15 is 0 Å². The summed E-state index contributed by atoms with van der Waals surface area (Å²) in [4.78, 5) is 10.8. The Hall–Kier alpha value is -1.35. The van der Waals surface area contributed by atoms with Crippen LogP contribution in [-0.2, 0) is 11.2 Å². The molecule has 18 heavy (non-hydrogen) atoms. The molecule has 0 spiro atoms. The van der Waals surface area contributed by atoms with Crippen LogP contribution < -0.4 is 11.1 Å². The fourth-order valence-electron chi connectivity index (χ4n) is 2.78. The molecule has 1 aliphatic carbocycles. The minimum absolute atomic E-state index is 0.164. The topological polar surface area (TPSA) is 55.1 Å². The Kier molecular flexibility index (Phi) is 4.37. The van der Waals surface area contributed by atoms with Crippen molar-refractivity contribution in [2.45, 2.75) is 44.6 Å². The van der Waals surface area contributed by atoms with Crippen molar-refractivity contribution in [2.24, 2.45) is 5.73 Å². The molecular formula is C15H22N2O. The predicted octanol–water partition coefficient (Wildman–Crippen LogP) is 1.96. The molecule has 3 heteroatoms. The lowest BCUT2D eigenvalue weighted by Crippen LogP contribution is -2.34. The van der Waals surface area contributed by atoms with Crippen LogP contribution in [0.1, 0.15) is 43.2 Å². The van der Waals surface area contributed by atoms with Crippen LogP contribution in [0.4, 0.5) is 0 Å². The molecule has 2 atom stereocenters. The molecule has 1 aromatic carbocycles. The van der Waals surface area contributed by atoms with Gasteiger partial charge >= 0.3 is 0 Å². The van der Waals surface area contributed by atoms with Crippen molar-refractivity contribution in [3.63, 3.8) is 0 Å². The highest BCUT2D eigenvalue weighted by molar-refractivity contribution is 5.74. The minimum atomic E-state index is -0.237. The number of amides is 1. The molecule has 1 aliphatic rings. The Labute approximate surface area is 109 Å². The first-order valence-electron chi connectivity index (χ1n) is 6.76. The summed E-state index contributed by atoms with van der Waals surface area (Å²) in [5.74, 6) is 0.337. The van der Waals surface area contributed by atoms with Crippen LogP contribution in [-0.4, -0.2) is 18.5 Å². The molecule has 0 fully saturated rings. The van der Waals surface area contributed by atoms with E-state index in [0.29, 0.717) is 12.3 Å². The summed E-state index contributed by atoms with van der Waals surface area (Å²) in [6, 6.07) is 8.86. The van der Waals surface area contributed by atoms with Crippen molar-refractivity contribution >= 4 is 5.91 Å². The molecule has 3 N–H and O–H groups in total. The molecule has 0 bridgehead atoms. The lowest BCUT2D eigenvalue weighted by molar-refractivity contribution is -0.118. The summed E-state index contributed by atoms with van der Waals surface area (Å²) in [6.07, 6.45) is 4.10. The molecule has 0 radical (unpaired) electrons. The van der Waals surface area contributed by atoms with Gasteiger partial charge in [-0.05, 0) is 43.2 Å². The molecule has 1 aromatic rings. The van der Waals surface area contributed by atoms with Crippen molar-refractivity contribution in [2.75, 3.05) is 6.54 Å². The number of benzene rings is 1. The van der Waals surface area contributed by atoms with Crippen LogP contribution in [0.25, 0.3) is 0 Å². The number of aryl methyl sites for hydroxylation is 1. The van der Waals surface area contributed by atoms with Crippen LogP contribution >= 0.6 is 0 Å². The van der Waals surface area contributed by atoms with Crippen LogP contribution in [0, 0.1) is 0 Å². The minimum Gasteiger partial charge on any atom is -0.370 e. The molecule has 0 heterocycles. The van der Waals surface area contributed by atoms with Crippen molar-refractivity contribution in [3.8, 4) is 0 Å². The number of fused-ring (bicyclic) bond motifs is 1. The van der Waals surface area contributed by atoms with Crippen molar-refractivity contribution in [1.82, 2.24) is 5.32 Å². The first-order chi connectivity index (χ1) is 8.66. The largest absolute Gasteiger partial charge is 0.370 e. The highest BCUT2D eigenvalue weighted by atomic mass is 16.1. The number of hydrogen-bond acceptors (Lipinski definition) is 2. The zero-order chi connectivity index (χ0) is 13.0. The second-order valence-electron chi connectivity index (χ2n) is 5.27.